The molecule has 1 aromatic carbocycles. The first kappa shape index (κ1) is 27.4. The molecule has 1 saturated carbocycles. The summed E-state index contributed by atoms with van der Waals surface area (Å²) in [5.41, 5.74) is 1.99. The Bertz CT molecular complexity index is 1120. The molecule has 1 aliphatic carbocycles. The third-order valence-corrected chi connectivity index (χ3v) is 7.13. The zero-order chi connectivity index (χ0) is 27.0. The number of aliphatic hydroxyl groups is 1. The highest BCUT2D eigenvalue weighted by Crippen LogP contribution is 2.48. The monoisotopic (exact) mass is 519 g/mol. The third-order valence-electron chi connectivity index (χ3n) is 7.13. The Kier molecular flexibility index (Phi) is 7.85. The highest BCUT2D eigenvalue weighted by atomic mass is 19.2. The van der Waals surface area contributed by atoms with Crippen LogP contribution in [0, 0.1) is 22.9 Å². The molecular weight excluding hydrogens is 483 g/mol. The zero-order valence-electron chi connectivity index (χ0n) is 21.8. The molecule has 2 heterocycles. The molecule has 4 rings (SSSR count). The van der Waals surface area contributed by atoms with Gasteiger partial charge < -0.3 is 20.5 Å². The van der Waals surface area contributed by atoms with Gasteiger partial charge in [0.25, 0.3) is 0 Å². The number of halogens is 3. The zero-order valence-corrected chi connectivity index (χ0v) is 21.8. The normalized spacial score (nSPS) is 19.9. The first-order valence-corrected chi connectivity index (χ1v) is 12.8. The molecular formula is C28H36F3N3O3. The molecule has 6 nitrogen and oxygen atoms in total. The topological polar surface area (TPSA) is 83.5 Å². The largest absolute Gasteiger partial charge is 0.471 e. The van der Waals surface area contributed by atoms with Gasteiger partial charge in [-0.3, -0.25) is 4.79 Å². The van der Waals surface area contributed by atoms with Crippen molar-refractivity contribution in [1.29, 1.82) is 0 Å². The van der Waals surface area contributed by atoms with Gasteiger partial charge in [0.05, 0.1) is 12.1 Å². The Hall–Kier alpha value is -2.65. The molecule has 0 bridgehead atoms. The van der Waals surface area contributed by atoms with Gasteiger partial charge in [0, 0.05) is 37.7 Å². The summed E-state index contributed by atoms with van der Waals surface area (Å²) in [6.45, 7) is 7.91. The lowest BCUT2D eigenvalue weighted by Crippen LogP contribution is -2.52. The minimum Gasteiger partial charge on any atom is -0.471 e. The fraction of sp³-hybridized carbons (Fsp3) is 0.571. The summed E-state index contributed by atoms with van der Waals surface area (Å²) in [7, 11) is 0. The summed E-state index contributed by atoms with van der Waals surface area (Å²) in [6, 6.07) is 2.91. The smallest absolute Gasteiger partial charge is 0.218 e. The summed E-state index contributed by atoms with van der Waals surface area (Å²) in [5, 5.41) is 17.1. The number of aliphatic hydroxyl groups excluding tert-OH is 1. The molecule has 1 aliphatic heterocycles. The molecule has 1 fully saturated rings. The van der Waals surface area contributed by atoms with E-state index in [1.54, 1.807) is 0 Å². The van der Waals surface area contributed by atoms with E-state index in [2.05, 4.69) is 42.5 Å². The van der Waals surface area contributed by atoms with Crippen molar-refractivity contribution in [3.63, 3.8) is 0 Å². The number of benzene rings is 1. The maximum Gasteiger partial charge on any atom is 0.218 e. The second kappa shape index (κ2) is 10.6. The van der Waals surface area contributed by atoms with Gasteiger partial charge in [-0.1, -0.05) is 20.8 Å². The Morgan fingerprint density at radius 2 is 1.86 bits per heavy atom. The van der Waals surface area contributed by atoms with Crippen molar-refractivity contribution < 1.29 is 27.8 Å². The fourth-order valence-electron chi connectivity index (χ4n) is 5.28. The summed E-state index contributed by atoms with van der Waals surface area (Å²) in [5.74, 6) is -3.97. The highest BCUT2D eigenvalue weighted by Gasteiger charge is 2.46. The van der Waals surface area contributed by atoms with Crippen molar-refractivity contribution in [2.75, 3.05) is 6.54 Å². The van der Waals surface area contributed by atoms with Crippen LogP contribution in [0.25, 0.3) is 0 Å². The summed E-state index contributed by atoms with van der Waals surface area (Å²) in [6.07, 6.45) is 5.26. The number of rotatable bonds is 8. The lowest BCUT2D eigenvalue weighted by molar-refractivity contribution is -0.120. The number of nitrogens with one attached hydrogen (secondary N) is 2. The van der Waals surface area contributed by atoms with Crippen molar-refractivity contribution in [3.8, 4) is 5.88 Å². The van der Waals surface area contributed by atoms with Crippen molar-refractivity contribution in [1.82, 2.24) is 15.6 Å². The Labute approximate surface area is 216 Å². The maximum absolute atomic E-state index is 13.7. The van der Waals surface area contributed by atoms with E-state index in [4.69, 9.17) is 4.74 Å². The van der Waals surface area contributed by atoms with Crippen LogP contribution >= 0.6 is 0 Å². The number of carbonyl (C=O) groups is 1. The molecule has 1 aromatic heterocycles. The Balaban J connectivity index is 1.51. The average molecular weight is 520 g/mol. The molecule has 2 aliphatic rings. The van der Waals surface area contributed by atoms with Gasteiger partial charge in [-0.25, -0.2) is 18.2 Å². The van der Waals surface area contributed by atoms with Crippen molar-refractivity contribution in [2.45, 2.75) is 90.0 Å². The van der Waals surface area contributed by atoms with Crippen molar-refractivity contribution in [2.24, 2.45) is 5.41 Å². The number of carbonyl (C=O) groups excluding carboxylic acids is 1. The Morgan fingerprint density at radius 3 is 2.43 bits per heavy atom. The molecule has 0 unspecified atom stereocenters. The van der Waals surface area contributed by atoms with E-state index < -0.39 is 35.5 Å². The SMILES string of the molecule is CC(=O)N[C@@H](Cc1cc(F)c(F)c(F)c1)[C@@H](O)CN[C@H]1CC2(CCC2)Oc2ncc(CC(C)(C)C)cc21. The van der Waals surface area contributed by atoms with Crippen LogP contribution in [0.3, 0.4) is 0 Å². The van der Waals surface area contributed by atoms with Gasteiger partial charge in [-0.05, 0) is 66.8 Å². The van der Waals surface area contributed by atoms with E-state index in [1.807, 2.05) is 6.20 Å². The molecule has 37 heavy (non-hydrogen) atoms. The van der Waals surface area contributed by atoms with E-state index in [0.717, 1.165) is 55.4 Å². The van der Waals surface area contributed by atoms with E-state index in [1.165, 1.54) is 6.92 Å². The summed E-state index contributed by atoms with van der Waals surface area (Å²) in [4.78, 5) is 16.4. The van der Waals surface area contributed by atoms with Crippen LogP contribution in [-0.4, -0.2) is 40.3 Å². The lowest BCUT2D eigenvalue weighted by atomic mass is 9.73. The number of hydrogen-bond donors (Lipinski definition) is 3. The number of pyridine rings is 1. The quantitative estimate of drug-likeness (QED) is 0.447. The van der Waals surface area contributed by atoms with E-state index in [-0.39, 0.29) is 35.6 Å². The molecule has 2 aromatic rings. The molecule has 1 spiro atoms. The first-order chi connectivity index (χ1) is 17.3. The number of ether oxygens (including phenoxy) is 1. The highest BCUT2D eigenvalue weighted by molar-refractivity contribution is 5.73. The number of aromatic nitrogens is 1. The fourth-order valence-corrected chi connectivity index (χ4v) is 5.28. The molecule has 202 valence electrons. The standard InChI is InChI=1S/C28H36F3N3O3/c1-16(35)34-22(11-17-9-20(29)25(31)21(30)10-17)24(36)15-32-23-13-28(6-5-7-28)37-26-19(23)8-18(14-33-26)12-27(2,3)4/h8-10,14,22-24,32,36H,5-7,11-13,15H2,1-4H3,(H,34,35)/t22-,23-,24-/m0/s1. The van der Waals surface area contributed by atoms with E-state index in [0.29, 0.717) is 5.88 Å². The van der Waals surface area contributed by atoms with Crippen LogP contribution in [0.5, 0.6) is 5.88 Å². The van der Waals surface area contributed by atoms with Crippen molar-refractivity contribution in [3.05, 3.63) is 58.5 Å². The molecule has 9 heteroatoms. The van der Waals surface area contributed by atoms with E-state index >= 15 is 0 Å². The second-order valence-electron chi connectivity index (χ2n) is 11.7. The van der Waals surface area contributed by atoms with Gasteiger partial charge >= 0.3 is 0 Å². The molecule has 0 radical (unpaired) electrons. The minimum atomic E-state index is -1.55. The van der Waals surface area contributed by atoms with Gasteiger partial charge in [-0.2, -0.15) is 0 Å². The molecule has 0 saturated heterocycles. The second-order valence-corrected chi connectivity index (χ2v) is 11.7. The van der Waals surface area contributed by atoms with Crippen LogP contribution < -0.4 is 15.4 Å². The molecule has 1 amide bonds. The number of amides is 1. The van der Waals surface area contributed by atoms with Crippen molar-refractivity contribution >= 4 is 5.91 Å². The van der Waals surface area contributed by atoms with Crippen LogP contribution in [0.2, 0.25) is 0 Å². The van der Waals surface area contributed by atoms with Crippen LogP contribution in [0.1, 0.15) is 76.1 Å². The maximum atomic E-state index is 13.7. The van der Waals surface area contributed by atoms with Gasteiger partial charge in [0.15, 0.2) is 17.5 Å². The minimum absolute atomic E-state index is 0.0673. The number of fused-ring (bicyclic) bond motifs is 1. The van der Waals surface area contributed by atoms with Crippen LogP contribution in [0.15, 0.2) is 24.4 Å². The summed E-state index contributed by atoms with van der Waals surface area (Å²) < 4.78 is 47.2. The number of nitrogens with zero attached hydrogens (tertiary/aromatic N) is 1. The average Bonchev–Trinajstić information content (AvgIpc) is 2.78. The van der Waals surface area contributed by atoms with Gasteiger partial charge in [0.1, 0.15) is 5.60 Å². The van der Waals surface area contributed by atoms with E-state index in [9.17, 15) is 23.1 Å². The van der Waals surface area contributed by atoms with Crippen LogP contribution in [0.4, 0.5) is 13.2 Å². The molecule has 3 N–H and O–H groups in total. The van der Waals surface area contributed by atoms with Crippen LogP contribution in [-0.2, 0) is 17.6 Å². The Morgan fingerprint density at radius 1 is 1.19 bits per heavy atom. The predicted molar refractivity (Wildman–Crippen MR) is 134 cm³/mol. The third kappa shape index (κ3) is 6.62. The number of hydrogen-bond acceptors (Lipinski definition) is 5. The summed E-state index contributed by atoms with van der Waals surface area (Å²) >= 11 is 0. The van der Waals surface area contributed by atoms with Gasteiger partial charge in [0.2, 0.25) is 11.8 Å². The first-order valence-electron chi connectivity index (χ1n) is 12.8. The lowest BCUT2D eigenvalue weighted by Gasteiger charge is -2.47. The van der Waals surface area contributed by atoms with Gasteiger partial charge in [-0.15, -0.1) is 0 Å². The predicted octanol–water partition coefficient (Wildman–Crippen LogP) is 4.53. The molecule has 3 atom stereocenters.